The third-order valence-electron chi connectivity index (χ3n) is 4.05. The summed E-state index contributed by atoms with van der Waals surface area (Å²) in [5.74, 6) is 0. The zero-order valence-electron chi connectivity index (χ0n) is 11.9. The van der Waals surface area contributed by atoms with E-state index >= 15 is 0 Å². The molecule has 2 N–H and O–H groups in total. The van der Waals surface area contributed by atoms with Crippen molar-refractivity contribution in [3.63, 3.8) is 0 Å². The minimum atomic E-state index is -0.828. The third kappa shape index (κ3) is 2.02. The quantitative estimate of drug-likeness (QED) is 0.819. The summed E-state index contributed by atoms with van der Waals surface area (Å²) in [6, 6.07) is 15.7. The molecule has 1 heterocycles. The van der Waals surface area contributed by atoms with Crippen molar-refractivity contribution in [2.24, 2.45) is 5.73 Å². The zero-order chi connectivity index (χ0) is 15.2. The molecule has 21 heavy (non-hydrogen) atoms. The standard InChI is InChI=1S/C16H16ClN3S/c1-19-14-9-8-12(17)10-13(14)16(18,20(2)15(19)21)11-6-4-3-5-7-11/h3-10H,18H2,1-2H3. The minimum absolute atomic E-state index is 0.661. The summed E-state index contributed by atoms with van der Waals surface area (Å²) in [5, 5.41) is 1.34. The summed E-state index contributed by atoms with van der Waals surface area (Å²) in [4.78, 5) is 3.87. The molecule has 0 bridgehead atoms. The van der Waals surface area contributed by atoms with E-state index in [1.165, 1.54) is 0 Å². The van der Waals surface area contributed by atoms with Gasteiger partial charge < -0.3 is 15.5 Å². The number of nitrogens with two attached hydrogens (primary N) is 1. The molecule has 0 spiro atoms. The summed E-state index contributed by atoms with van der Waals surface area (Å²) in [5.41, 5.74) is 8.88. The van der Waals surface area contributed by atoms with Crippen LogP contribution < -0.4 is 10.6 Å². The van der Waals surface area contributed by atoms with Crippen molar-refractivity contribution in [1.82, 2.24) is 4.90 Å². The Kier molecular flexibility index (Phi) is 3.40. The summed E-state index contributed by atoms with van der Waals surface area (Å²) >= 11 is 11.7. The van der Waals surface area contributed by atoms with Crippen LogP contribution in [-0.4, -0.2) is 24.1 Å². The lowest BCUT2D eigenvalue weighted by Gasteiger charge is -2.48. The van der Waals surface area contributed by atoms with Crippen molar-refractivity contribution in [2.75, 3.05) is 19.0 Å². The maximum atomic E-state index is 6.81. The van der Waals surface area contributed by atoms with E-state index in [2.05, 4.69) is 0 Å². The lowest BCUT2D eigenvalue weighted by molar-refractivity contribution is 0.264. The number of hydrogen-bond donors (Lipinski definition) is 1. The molecular weight excluding hydrogens is 302 g/mol. The van der Waals surface area contributed by atoms with Crippen LogP contribution >= 0.6 is 23.8 Å². The van der Waals surface area contributed by atoms with Crippen molar-refractivity contribution in [3.8, 4) is 0 Å². The maximum Gasteiger partial charge on any atom is 0.177 e. The smallest absolute Gasteiger partial charge is 0.177 e. The molecule has 2 aromatic rings. The highest BCUT2D eigenvalue weighted by Crippen LogP contribution is 2.41. The Morgan fingerprint density at radius 3 is 2.43 bits per heavy atom. The van der Waals surface area contributed by atoms with Crippen LogP contribution in [0.4, 0.5) is 5.69 Å². The molecule has 1 aliphatic heterocycles. The molecule has 1 atom stereocenters. The first-order valence-corrected chi connectivity index (χ1v) is 7.41. The topological polar surface area (TPSA) is 32.5 Å². The van der Waals surface area contributed by atoms with Crippen molar-refractivity contribution in [2.45, 2.75) is 5.66 Å². The second kappa shape index (κ2) is 4.98. The summed E-state index contributed by atoms with van der Waals surface area (Å²) < 4.78 is 0. The molecule has 2 aromatic carbocycles. The van der Waals surface area contributed by atoms with Crippen molar-refractivity contribution in [3.05, 3.63) is 64.7 Å². The summed E-state index contributed by atoms with van der Waals surface area (Å²) in [7, 11) is 3.85. The van der Waals surface area contributed by atoms with Crippen molar-refractivity contribution < 1.29 is 0 Å². The van der Waals surface area contributed by atoms with Crippen molar-refractivity contribution in [1.29, 1.82) is 0 Å². The number of anilines is 1. The normalized spacial score (nSPS) is 21.4. The first kappa shape index (κ1) is 14.3. The molecule has 0 aromatic heterocycles. The van der Waals surface area contributed by atoms with Gasteiger partial charge in [0, 0.05) is 24.7 Å². The first-order chi connectivity index (χ1) is 9.96. The second-order valence-corrected chi connectivity index (χ2v) is 6.00. The Morgan fingerprint density at radius 1 is 1.10 bits per heavy atom. The number of benzene rings is 2. The number of hydrogen-bond acceptors (Lipinski definition) is 2. The van der Waals surface area contributed by atoms with Gasteiger partial charge in [-0.2, -0.15) is 0 Å². The SMILES string of the molecule is CN1C(=S)N(C)C(N)(c2ccccc2)c2cc(Cl)ccc21. The van der Waals surface area contributed by atoms with E-state index in [4.69, 9.17) is 29.6 Å². The molecule has 3 nitrogen and oxygen atoms in total. The van der Waals surface area contributed by atoms with E-state index in [1.54, 1.807) is 0 Å². The number of thiocarbonyl (C=S) groups is 1. The van der Waals surface area contributed by atoms with E-state index in [0.29, 0.717) is 10.1 Å². The van der Waals surface area contributed by atoms with Gasteiger partial charge in [0.05, 0.1) is 5.69 Å². The second-order valence-electron chi connectivity index (χ2n) is 5.19. The van der Waals surface area contributed by atoms with Gasteiger partial charge in [0.25, 0.3) is 0 Å². The number of halogens is 1. The van der Waals surface area contributed by atoms with E-state index in [1.807, 2.05) is 72.4 Å². The van der Waals surface area contributed by atoms with Crippen LogP contribution in [-0.2, 0) is 5.66 Å². The Balaban J connectivity index is 2.32. The monoisotopic (exact) mass is 317 g/mol. The molecule has 108 valence electrons. The minimum Gasteiger partial charge on any atom is -0.326 e. The highest BCUT2D eigenvalue weighted by Gasteiger charge is 2.43. The number of fused-ring (bicyclic) bond motifs is 1. The van der Waals surface area contributed by atoms with E-state index in [0.717, 1.165) is 16.8 Å². The lowest BCUT2D eigenvalue weighted by atomic mass is 9.87. The lowest BCUT2D eigenvalue weighted by Crippen LogP contribution is -2.61. The average molecular weight is 318 g/mol. The van der Waals surface area contributed by atoms with Gasteiger partial charge in [-0.15, -0.1) is 0 Å². The first-order valence-electron chi connectivity index (χ1n) is 6.62. The van der Waals surface area contributed by atoms with Gasteiger partial charge in [-0.25, -0.2) is 0 Å². The maximum absolute atomic E-state index is 6.81. The van der Waals surface area contributed by atoms with Crippen LogP contribution in [0, 0.1) is 0 Å². The fourth-order valence-corrected chi connectivity index (χ4v) is 3.22. The van der Waals surface area contributed by atoms with Gasteiger partial charge in [0.2, 0.25) is 0 Å². The van der Waals surface area contributed by atoms with E-state index < -0.39 is 5.66 Å². The van der Waals surface area contributed by atoms with Gasteiger partial charge >= 0.3 is 0 Å². The number of nitrogens with zero attached hydrogens (tertiary/aromatic N) is 2. The molecule has 0 saturated carbocycles. The highest BCUT2D eigenvalue weighted by molar-refractivity contribution is 7.80. The van der Waals surface area contributed by atoms with Gasteiger partial charge in [0.15, 0.2) is 5.11 Å². The fourth-order valence-electron chi connectivity index (χ4n) is 2.81. The van der Waals surface area contributed by atoms with E-state index in [-0.39, 0.29) is 0 Å². The Bertz CT molecular complexity index is 704. The van der Waals surface area contributed by atoms with Gasteiger partial charge in [0.1, 0.15) is 5.66 Å². The van der Waals surface area contributed by atoms with Crippen LogP contribution in [0.25, 0.3) is 0 Å². The molecule has 0 saturated heterocycles. The predicted octanol–water partition coefficient (Wildman–Crippen LogP) is 3.17. The highest BCUT2D eigenvalue weighted by atomic mass is 35.5. The van der Waals surface area contributed by atoms with Crippen LogP contribution in [0.1, 0.15) is 11.1 Å². The molecule has 1 aliphatic rings. The van der Waals surface area contributed by atoms with Crippen LogP contribution in [0.15, 0.2) is 48.5 Å². The predicted molar refractivity (Wildman–Crippen MR) is 91.6 cm³/mol. The van der Waals surface area contributed by atoms with E-state index in [9.17, 15) is 0 Å². The average Bonchev–Trinajstić information content (AvgIpc) is 2.51. The van der Waals surface area contributed by atoms with Crippen molar-refractivity contribution >= 4 is 34.6 Å². The van der Waals surface area contributed by atoms with Gasteiger partial charge in [-0.05, 0) is 36.0 Å². The molecule has 0 aliphatic carbocycles. The largest absolute Gasteiger partial charge is 0.326 e. The molecule has 0 amide bonds. The number of rotatable bonds is 1. The van der Waals surface area contributed by atoms with Crippen LogP contribution in [0.3, 0.4) is 0 Å². The van der Waals surface area contributed by atoms with Crippen LogP contribution in [0.2, 0.25) is 5.02 Å². The van der Waals surface area contributed by atoms with Crippen LogP contribution in [0.5, 0.6) is 0 Å². The Hall–Kier alpha value is -1.62. The molecule has 0 radical (unpaired) electrons. The molecule has 3 rings (SSSR count). The zero-order valence-corrected chi connectivity index (χ0v) is 13.4. The molecule has 5 heteroatoms. The van der Waals surface area contributed by atoms with Gasteiger partial charge in [-0.1, -0.05) is 41.9 Å². The Morgan fingerprint density at radius 2 is 1.76 bits per heavy atom. The Labute approximate surface area is 134 Å². The summed E-state index contributed by atoms with van der Waals surface area (Å²) in [6.07, 6.45) is 0. The summed E-state index contributed by atoms with van der Waals surface area (Å²) in [6.45, 7) is 0. The molecule has 0 fully saturated rings. The molecule has 1 unspecified atom stereocenters. The molecular formula is C16H16ClN3S. The third-order valence-corrected chi connectivity index (χ3v) is 4.83. The fraction of sp³-hybridized carbons (Fsp3) is 0.188. The van der Waals surface area contributed by atoms with Gasteiger partial charge in [-0.3, -0.25) is 0 Å².